The van der Waals surface area contributed by atoms with Gasteiger partial charge in [0, 0.05) is 20.1 Å². The SMILES string of the molecule is CCC(C(=O)O)N(C)C(=O)N1CCC(C)(C(N)=O)C1. The highest BCUT2D eigenvalue weighted by molar-refractivity contribution is 5.85. The van der Waals surface area contributed by atoms with E-state index in [2.05, 4.69) is 0 Å². The minimum Gasteiger partial charge on any atom is -0.480 e. The Morgan fingerprint density at radius 1 is 1.47 bits per heavy atom. The van der Waals surface area contributed by atoms with E-state index in [0.717, 1.165) is 0 Å². The van der Waals surface area contributed by atoms with Crippen LogP contribution in [0.1, 0.15) is 26.7 Å². The Hall–Kier alpha value is -1.79. The predicted molar refractivity (Wildman–Crippen MR) is 68.4 cm³/mol. The summed E-state index contributed by atoms with van der Waals surface area (Å²) in [5, 5.41) is 9.04. The van der Waals surface area contributed by atoms with E-state index in [1.165, 1.54) is 16.8 Å². The lowest BCUT2D eigenvalue weighted by Gasteiger charge is -2.29. The molecule has 0 aliphatic carbocycles. The van der Waals surface area contributed by atoms with Gasteiger partial charge < -0.3 is 20.6 Å². The number of carboxylic acids is 1. The van der Waals surface area contributed by atoms with Crippen molar-refractivity contribution in [2.24, 2.45) is 11.1 Å². The number of hydrogen-bond acceptors (Lipinski definition) is 3. The van der Waals surface area contributed by atoms with Crippen LogP contribution in [0.25, 0.3) is 0 Å². The predicted octanol–water partition coefficient (Wildman–Crippen LogP) is 0.0987. The first-order valence-electron chi connectivity index (χ1n) is 6.27. The van der Waals surface area contributed by atoms with Crippen molar-refractivity contribution in [2.75, 3.05) is 20.1 Å². The molecule has 0 aromatic carbocycles. The maximum atomic E-state index is 12.2. The molecule has 7 nitrogen and oxygen atoms in total. The van der Waals surface area contributed by atoms with Crippen LogP contribution >= 0.6 is 0 Å². The molecular weight excluding hydrogens is 250 g/mol. The smallest absolute Gasteiger partial charge is 0.326 e. The monoisotopic (exact) mass is 271 g/mol. The van der Waals surface area contributed by atoms with Gasteiger partial charge in [0.2, 0.25) is 5.91 Å². The van der Waals surface area contributed by atoms with Crippen LogP contribution in [0.2, 0.25) is 0 Å². The Morgan fingerprint density at radius 3 is 2.42 bits per heavy atom. The molecule has 19 heavy (non-hydrogen) atoms. The van der Waals surface area contributed by atoms with Crippen LogP contribution in [0.3, 0.4) is 0 Å². The molecule has 1 fully saturated rings. The summed E-state index contributed by atoms with van der Waals surface area (Å²) < 4.78 is 0. The van der Waals surface area contributed by atoms with Crippen LogP contribution in [0.5, 0.6) is 0 Å². The molecular formula is C12H21N3O4. The fourth-order valence-electron chi connectivity index (χ4n) is 2.30. The second-order valence-corrected chi connectivity index (χ2v) is 5.25. The van der Waals surface area contributed by atoms with Gasteiger partial charge in [-0.3, -0.25) is 4.79 Å². The summed E-state index contributed by atoms with van der Waals surface area (Å²) >= 11 is 0. The van der Waals surface area contributed by atoms with Crippen molar-refractivity contribution in [1.29, 1.82) is 0 Å². The quantitative estimate of drug-likeness (QED) is 0.756. The van der Waals surface area contributed by atoms with Crippen molar-refractivity contribution in [3.63, 3.8) is 0 Å². The summed E-state index contributed by atoms with van der Waals surface area (Å²) in [5.74, 6) is -1.47. The number of aliphatic carboxylic acids is 1. The first-order valence-corrected chi connectivity index (χ1v) is 6.27. The fraction of sp³-hybridized carbons (Fsp3) is 0.750. The molecule has 1 rings (SSSR count). The summed E-state index contributed by atoms with van der Waals surface area (Å²) in [4.78, 5) is 37.3. The molecule has 0 spiro atoms. The largest absolute Gasteiger partial charge is 0.480 e. The number of rotatable bonds is 4. The molecule has 3 amide bonds. The summed E-state index contributed by atoms with van der Waals surface area (Å²) in [6, 6.07) is -1.23. The van der Waals surface area contributed by atoms with Crippen molar-refractivity contribution >= 4 is 17.9 Å². The lowest BCUT2D eigenvalue weighted by molar-refractivity contribution is -0.142. The van der Waals surface area contributed by atoms with Gasteiger partial charge in [0.1, 0.15) is 6.04 Å². The lowest BCUT2D eigenvalue weighted by atomic mass is 9.89. The van der Waals surface area contributed by atoms with Crippen molar-refractivity contribution in [3.8, 4) is 0 Å². The number of carbonyl (C=O) groups excluding carboxylic acids is 2. The molecule has 0 saturated carbocycles. The van der Waals surface area contributed by atoms with E-state index < -0.39 is 23.3 Å². The normalized spacial score (nSPS) is 24.1. The third kappa shape index (κ3) is 2.97. The molecule has 0 aromatic heterocycles. The minimum atomic E-state index is -1.03. The van der Waals surface area contributed by atoms with Crippen molar-refractivity contribution < 1.29 is 19.5 Å². The van der Waals surface area contributed by atoms with Crippen LogP contribution in [-0.2, 0) is 9.59 Å². The average Bonchev–Trinajstić information content (AvgIpc) is 2.72. The Balaban J connectivity index is 2.75. The van der Waals surface area contributed by atoms with Crippen molar-refractivity contribution in [1.82, 2.24) is 9.80 Å². The zero-order valence-electron chi connectivity index (χ0n) is 11.5. The van der Waals surface area contributed by atoms with Gasteiger partial charge in [-0.25, -0.2) is 9.59 Å². The highest BCUT2D eigenvalue weighted by Crippen LogP contribution is 2.30. The van der Waals surface area contributed by atoms with Gasteiger partial charge in [-0.1, -0.05) is 6.92 Å². The van der Waals surface area contributed by atoms with Gasteiger partial charge in [0.25, 0.3) is 0 Å². The zero-order valence-corrected chi connectivity index (χ0v) is 11.5. The fourth-order valence-corrected chi connectivity index (χ4v) is 2.30. The van der Waals surface area contributed by atoms with E-state index in [4.69, 9.17) is 10.8 Å². The maximum Gasteiger partial charge on any atom is 0.326 e. The highest BCUT2D eigenvalue weighted by atomic mass is 16.4. The molecule has 2 atom stereocenters. The number of hydrogen-bond donors (Lipinski definition) is 2. The van der Waals surface area contributed by atoms with Crippen molar-refractivity contribution in [2.45, 2.75) is 32.7 Å². The van der Waals surface area contributed by atoms with E-state index in [9.17, 15) is 14.4 Å². The lowest BCUT2D eigenvalue weighted by Crippen LogP contribution is -2.49. The third-order valence-corrected chi connectivity index (χ3v) is 3.78. The number of urea groups is 1. The molecule has 1 saturated heterocycles. The number of carboxylic acid groups (broad SMARTS) is 1. The molecule has 1 aliphatic heterocycles. The molecule has 7 heteroatoms. The number of primary amides is 1. The van der Waals surface area contributed by atoms with E-state index in [1.807, 2.05) is 0 Å². The standard InChI is InChI=1S/C12H21N3O4/c1-4-8(9(16)17)14(3)11(19)15-6-5-12(2,7-15)10(13)18/h8H,4-7H2,1-3H3,(H2,13,18)(H,16,17). The summed E-state index contributed by atoms with van der Waals surface area (Å²) in [6.45, 7) is 4.08. The molecule has 2 unspecified atom stereocenters. The average molecular weight is 271 g/mol. The molecule has 0 aromatic rings. The minimum absolute atomic E-state index is 0.238. The number of nitrogens with two attached hydrogens (primary N) is 1. The Morgan fingerprint density at radius 2 is 2.05 bits per heavy atom. The molecule has 0 bridgehead atoms. The molecule has 1 aliphatic rings. The summed E-state index contributed by atoms with van der Waals surface area (Å²) in [6.07, 6.45) is 0.838. The Labute approximate surface area is 112 Å². The second-order valence-electron chi connectivity index (χ2n) is 5.25. The number of amides is 3. The van der Waals surface area contributed by atoms with Gasteiger partial charge in [0.05, 0.1) is 5.41 Å². The van der Waals surface area contributed by atoms with Crippen LogP contribution in [-0.4, -0.2) is 59.0 Å². The first kappa shape index (κ1) is 15.3. The van der Waals surface area contributed by atoms with E-state index >= 15 is 0 Å². The number of nitrogens with zero attached hydrogens (tertiary/aromatic N) is 2. The summed E-state index contributed by atoms with van der Waals surface area (Å²) in [5.41, 5.74) is 4.60. The Bertz CT molecular complexity index is 398. The molecule has 0 radical (unpaired) electrons. The number of likely N-dealkylation sites (N-methyl/N-ethyl adjacent to an activating group) is 1. The van der Waals surface area contributed by atoms with Crippen LogP contribution in [0.15, 0.2) is 0 Å². The van der Waals surface area contributed by atoms with Crippen molar-refractivity contribution in [3.05, 3.63) is 0 Å². The van der Waals surface area contributed by atoms with Gasteiger partial charge in [-0.15, -0.1) is 0 Å². The van der Waals surface area contributed by atoms with Gasteiger partial charge in [-0.2, -0.15) is 0 Å². The maximum absolute atomic E-state index is 12.2. The summed E-state index contributed by atoms with van der Waals surface area (Å²) in [7, 11) is 1.46. The van der Waals surface area contributed by atoms with Crippen LogP contribution < -0.4 is 5.73 Å². The number of likely N-dealkylation sites (tertiary alicyclic amines) is 1. The van der Waals surface area contributed by atoms with E-state index in [0.29, 0.717) is 19.4 Å². The Kier molecular flexibility index (Phi) is 4.39. The van der Waals surface area contributed by atoms with Gasteiger partial charge >= 0.3 is 12.0 Å². The van der Waals surface area contributed by atoms with Gasteiger partial charge in [0.15, 0.2) is 0 Å². The third-order valence-electron chi connectivity index (χ3n) is 3.78. The topological polar surface area (TPSA) is 104 Å². The van der Waals surface area contributed by atoms with Gasteiger partial charge in [-0.05, 0) is 19.8 Å². The molecule has 108 valence electrons. The van der Waals surface area contributed by atoms with E-state index in [1.54, 1.807) is 13.8 Å². The van der Waals surface area contributed by atoms with E-state index in [-0.39, 0.29) is 12.6 Å². The van der Waals surface area contributed by atoms with Crippen LogP contribution in [0.4, 0.5) is 4.79 Å². The first-order chi connectivity index (χ1) is 8.73. The molecule has 3 N–H and O–H groups in total. The second kappa shape index (κ2) is 5.46. The van der Waals surface area contributed by atoms with Crippen LogP contribution in [0, 0.1) is 5.41 Å². The zero-order chi connectivity index (χ0) is 14.8. The number of carbonyl (C=O) groups is 3. The highest BCUT2D eigenvalue weighted by Gasteiger charge is 2.42. The molecule has 1 heterocycles.